The van der Waals surface area contributed by atoms with E-state index in [1.165, 1.54) is 4.90 Å². The van der Waals surface area contributed by atoms with Crippen LogP contribution in [-0.4, -0.2) is 59.1 Å². The van der Waals surface area contributed by atoms with Crippen molar-refractivity contribution in [3.63, 3.8) is 0 Å². The van der Waals surface area contributed by atoms with Crippen molar-refractivity contribution in [1.82, 2.24) is 10.2 Å². The Labute approximate surface area is 184 Å². The van der Waals surface area contributed by atoms with Gasteiger partial charge in [0.1, 0.15) is 12.1 Å². The van der Waals surface area contributed by atoms with E-state index in [4.69, 9.17) is 4.74 Å². The summed E-state index contributed by atoms with van der Waals surface area (Å²) < 4.78 is 5.38. The van der Waals surface area contributed by atoms with Crippen molar-refractivity contribution in [3.8, 4) is 0 Å². The van der Waals surface area contributed by atoms with Gasteiger partial charge < -0.3 is 14.7 Å². The summed E-state index contributed by atoms with van der Waals surface area (Å²) in [6, 6.07) is 7.74. The molecule has 1 aromatic carbocycles. The van der Waals surface area contributed by atoms with Gasteiger partial charge in [0.05, 0.1) is 12.6 Å². The summed E-state index contributed by atoms with van der Waals surface area (Å²) in [6.07, 6.45) is 4.02. The Hall–Kier alpha value is -2.12. The van der Waals surface area contributed by atoms with E-state index < -0.39 is 24.1 Å². The molecule has 0 aromatic heterocycles. The van der Waals surface area contributed by atoms with Gasteiger partial charge in [0.2, 0.25) is 5.91 Å². The first-order chi connectivity index (χ1) is 13.9. The Bertz CT molecular complexity index is 685. The number of aliphatic carboxylic acids is 1. The normalized spacial score (nSPS) is 17.7. The number of hydrogen-bond acceptors (Lipinski definition) is 5. The number of amides is 1. The van der Waals surface area contributed by atoms with Gasteiger partial charge in [-0.25, -0.2) is 4.79 Å². The third-order valence-corrected chi connectivity index (χ3v) is 5.23. The van der Waals surface area contributed by atoms with E-state index in [0.717, 1.165) is 18.4 Å². The molecule has 30 heavy (non-hydrogen) atoms. The summed E-state index contributed by atoms with van der Waals surface area (Å²) in [5.74, 6) is -1.64. The highest BCUT2D eigenvalue weighted by Gasteiger charge is 2.37. The molecule has 1 heterocycles. The second-order valence-electron chi connectivity index (χ2n) is 7.51. The van der Waals surface area contributed by atoms with Gasteiger partial charge in [-0.05, 0) is 44.6 Å². The number of ether oxygens (including phenoxy) is 1. The number of benzene rings is 1. The van der Waals surface area contributed by atoms with Crippen LogP contribution in [0.4, 0.5) is 0 Å². The monoisotopic (exact) mass is 440 g/mol. The van der Waals surface area contributed by atoms with Crippen LogP contribution in [0.3, 0.4) is 0 Å². The molecule has 1 fully saturated rings. The molecule has 8 heteroatoms. The fraction of sp³-hybridized carbons (Fsp3) is 0.591. The highest BCUT2D eigenvalue weighted by molar-refractivity contribution is 5.88. The predicted octanol–water partition coefficient (Wildman–Crippen LogP) is 2.81. The Morgan fingerprint density at radius 3 is 2.60 bits per heavy atom. The first-order valence-corrected chi connectivity index (χ1v) is 10.4. The van der Waals surface area contributed by atoms with Crippen LogP contribution < -0.4 is 5.32 Å². The number of halogens is 1. The summed E-state index contributed by atoms with van der Waals surface area (Å²) in [7, 11) is 0. The van der Waals surface area contributed by atoms with E-state index in [0.29, 0.717) is 38.8 Å². The van der Waals surface area contributed by atoms with Crippen molar-refractivity contribution >= 4 is 30.3 Å². The number of nitrogens with zero attached hydrogens (tertiary/aromatic N) is 1. The van der Waals surface area contributed by atoms with Crippen LogP contribution >= 0.6 is 12.4 Å². The molecule has 0 radical (unpaired) electrons. The van der Waals surface area contributed by atoms with Gasteiger partial charge in [-0.1, -0.05) is 43.7 Å². The zero-order valence-electron chi connectivity index (χ0n) is 17.7. The molecule has 1 aromatic rings. The molecule has 7 nitrogen and oxygen atoms in total. The predicted molar refractivity (Wildman–Crippen MR) is 117 cm³/mol. The molecule has 2 rings (SSSR count). The zero-order chi connectivity index (χ0) is 21.2. The number of carboxylic acid groups (broad SMARTS) is 1. The van der Waals surface area contributed by atoms with Crippen molar-refractivity contribution in [2.45, 2.75) is 70.5 Å². The fourth-order valence-corrected chi connectivity index (χ4v) is 3.55. The Balaban J connectivity index is 0.00000450. The average molecular weight is 441 g/mol. The van der Waals surface area contributed by atoms with E-state index in [1.807, 2.05) is 37.3 Å². The first kappa shape index (κ1) is 25.9. The van der Waals surface area contributed by atoms with Gasteiger partial charge in [-0.3, -0.25) is 14.9 Å². The molecule has 168 valence electrons. The smallest absolute Gasteiger partial charge is 0.326 e. The maximum atomic E-state index is 12.8. The molecular weight excluding hydrogens is 408 g/mol. The Kier molecular flexibility index (Phi) is 11.4. The largest absolute Gasteiger partial charge is 0.480 e. The van der Waals surface area contributed by atoms with Crippen LogP contribution in [0.1, 0.15) is 51.5 Å². The summed E-state index contributed by atoms with van der Waals surface area (Å²) in [5, 5.41) is 12.4. The molecule has 0 saturated carbocycles. The topological polar surface area (TPSA) is 95.9 Å². The number of carbonyl (C=O) groups is 3. The Morgan fingerprint density at radius 1 is 1.27 bits per heavy atom. The molecule has 0 spiro atoms. The number of rotatable bonds is 11. The summed E-state index contributed by atoms with van der Waals surface area (Å²) in [4.78, 5) is 38.2. The number of likely N-dealkylation sites (tertiary alicyclic amines) is 1. The molecule has 0 bridgehead atoms. The average Bonchev–Trinajstić information content (AvgIpc) is 3.21. The van der Waals surface area contributed by atoms with Gasteiger partial charge in [0.25, 0.3) is 0 Å². The quantitative estimate of drug-likeness (QED) is 0.405. The fourth-order valence-electron chi connectivity index (χ4n) is 3.55. The number of unbranched alkanes of at least 4 members (excludes halogenated alkanes) is 1. The third-order valence-electron chi connectivity index (χ3n) is 5.23. The first-order valence-electron chi connectivity index (χ1n) is 10.4. The Morgan fingerprint density at radius 2 is 1.97 bits per heavy atom. The lowest BCUT2D eigenvalue weighted by molar-refractivity contribution is -0.150. The van der Waals surface area contributed by atoms with E-state index in [1.54, 1.807) is 6.92 Å². The van der Waals surface area contributed by atoms with Crippen LogP contribution in [0.15, 0.2) is 30.3 Å². The van der Waals surface area contributed by atoms with Gasteiger partial charge in [-0.2, -0.15) is 0 Å². The minimum absolute atomic E-state index is 0. The maximum Gasteiger partial charge on any atom is 0.326 e. The zero-order valence-corrected chi connectivity index (χ0v) is 18.5. The lowest BCUT2D eigenvalue weighted by Gasteiger charge is -2.28. The van der Waals surface area contributed by atoms with Crippen molar-refractivity contribution in [2.24, 2.45) is 0 Å². The second-order valence-corrected chi connectivity index (χ2v) is 7.51. The molecule has 0 unspecified atom stereocenters. The lowest BCUT2D eigenvalue weighted by atomic mass is 10.0. The third kappa shape index (κ3) is 7.61. The highest BCUT2D eigenvalue weighted by atomic mass is 35.5. The van der Waals surface area contributed by atoms with Crippen LogP contribution in [0.25, 0.3) is 0 Å². The van der Waals surface area contributed by atoms with E-state index >= 15 is 0 Å². The van der Waals surface area contributed by atoms with Crippen molar-refractivity contribution in [1.29, 1.82) is 0 Å². The van der Waals surface area contributed by atoms with Crippen molar-refractivity contribution < 1.29 is 24.2 Å². The number of aryl methyl sites for hydroxylation is 1. The SMILES string of the molecule is CCCCOC(=O)[C@H](CCc1ccccc1)N[C@@H](C)C(=O)N1CCC[C@H]1C(=O)O.Cl. The van der Waals surface area contributed by atoms with Crippen molar-refractivity contribution in [3.05, 3.63) is 35.9 Å². The van der Waals surface area contributed by atoms with E-state index in [2.05, 4.69) is 5.32 Å². The minimum atomic E-state index is -0.984. The molecule has 2 N–H and O–H groups in total. The number of carboxylic acids is 1. The number of esters is 1. The van der Waals surface area contributed by atoms with Crippen LogP contribution in [0, 0.1) is 0 Å². The van der Waals surface area contributed by atoms with Gasteiger partial charge in [0, 0.05) is 6.54 Å². The van der Waals surface area contributed by atoms with Crippen LogP contribution in [0.2, 0.25) is 0 Å². The van der Waals surface area contributed by atoms with Gasteiger partial charge >= 0.3 is 11.9 Å². The molecule has 0 aliphatic carbocycles. The molecule has 1 amide bonds. The standard InChI is InChI=1S/C22H32N2O5.ClH/c1-3-4-15-29-22(28)18(13-12-17-9-6-5-7-10-17)23-16(2)20(25)24-14-8-11-19(24)21(26)27;/h5-7,9-10,16,18-19,23H,3-4,8,11-15H2,1-2H3,(H,26,27);1H/t16-,18-,19-;/m0./s1. The summed E-state index contributed by atoms with van der Waals surface area (Å²) in [5.41, 5.74) is 1.10. The molecule has 3 atom stereocenters. The van der Waals surface area contributed by atoms with Crippen molar-refractivity contribution in [2.75, 3.05) is 13.2 Å². The summed E-state index contributed by atoms with van der Waals surface area (Å²) in [6.45, 7) is 4.48. The van der Waals surface area contributed by atoms with Crippen LogP contribution in [-0.2, 0) is 25.5 Å². The molecule has 1 aliphatic heterocycles. The second kappa shape index (κ2) is 13.2. The highest BCUT2D eigenvalue weighted by Crippen LogP contribution is 2.19. The molecule has 1 saturated heterocycles. The molecular formula is C22H33ClN2O5. The van der Waals surface area contributed by atoms with E-state index in [-0.39, 0.29) is 24.3 Å². The lowest BCUT2D eigenvalue weighted by Crippen LogP contribution is -2.53. The number of nitrogens with one attached hydrogen (secondary N) is 1. The number of hydrogen-bond donors (Lipinski definition) is 2. The van der Waals surface area contributed by atoms with Gasteiger partial charge in [-0.15, -0.1) is 12.4 Å². The van der Waals surface area contributed by atoms with E-state index in [9.17, 15) is 19.5 Å². The minimum Gasteiger partial charge on any atom is -0.480 e. The number of carbonyl (C=O) groups excluding carboxylic acids is 2. The van der Waals surface area contributed by atoms with Crippen LogP contribution in [0.5, 0.6) is 0 Å². The molecule has 1 aliphatic rings. The van der Waals surface area contributed by atoms with Gasteiger partial charge in [0.15, 0.2) is 0 Å². The summed E-state index contributed by atoms with van der Waals surface area (Å²) >= 11 is 0. The maximum absolute atomic E-state index is 12.8.